The van der Waals surface area contributed by atoms with E-state index in [4.69, 9.17) is 0 Å². The number of hydrogen-bond donors (Lipinski definition) is 1. The molecule has 0 spiro atoms. The molecule has 0 aliphatic heterocycles. The van der Waals surface area contributed by atoms with Crippen LogP contribution in [0.15, 0.2) is 48.5 Å². The van der Waals surface area contributed by atoms with Crippen molar-refractivity contribution in [2.24, 2.45) is 7.05 Å². The maximum atomic E-state index is 3.55. The van der Waals surface area contributed by atoms with Gasteiger partial charge in [0, 0.05) is 6.07 Å². The summed E-state index contributed by atoms with van der Waals surface area (Å²) in [5.74, 6) is 0. The molecule has 19 heavy (non-hydrogen) atoms. The SMILES string of the molecule is C[n+]1c2ccccc2c(I)c2[nH]c3ccccc3c21. The van der Waals surface area contributed by atoms with Crippen molar-refractivity contribution in [2.45, 2.75) is 0 Å². The van der Waals surface area contributed by atoms with Crippen LogP contribution in [0.25, 0.3) is 32.8 Å². The average molecular weight is 359 g/mol. The van der Waals surface area contributed by atoms with Crippen molar-refractivity contribution in [2.75, 3.05) is 0 Å². The van der Waals surface area contributed by atoms with Gasteiger partial charge in [-0.1, -0.05) is 24.3 Å². The van der Waals surface area contributed by atoms with E-state index in [2.05, 4.69) is 87.7 Å². The van der Waals surface area contributed by atoms with Gasteiger partial charge < -0.3 is 4.98 Å². The van der Waals surface area contributed by atoms with Gasteiger partial charge in [0.1, 0.15) is 12.6 Å². The van der Waals surface area contributed by atoms with E-state index in [0.29, 0.717) is 0 Å². The van der Waals surface area contributed by atoms with Crippen molar-refractivity contribution in [3.05, 3.63) is 52.1 Å². The molecule has 92 valence electrons. The Kier molecular flexibility index (Phi) is 2.33. The second-order valence-electron chi connectivity index (χ2n) is 4.78. The van der Waals surface area contributed by atoms with Gasteiger partial charge >= 0.3 is 0 Å². The van der Waals surface area contributed by atoms with Crippen molar-refractivity contribution in [3.63, 3.8) is 0 Å². The number of benzene rings is 2. The van der Waals surface area contributed by atoms with E-state index in [-0.39, 0.29) is 0 Å². The summed E-state index contributed by atoms with van der Waals surface area (Å²) in [6.07, 6.45) is 0. The third kappa shape index (κ3) is 1.45. The minimum atomic E-state index is 1.20. The zero-order chi connectivity index (χ0) is 13.0. The molecule has 0 unspecified atom stereocenters. The molecule has 1 N–H and O–H groups in total. The molecule has 0 atom stereocenters. The fraction of sp³-hybridized carbons (Fsp3) is 0.0625. The third-order valence-corrected chi connectivity index (χ3v) is 4.86. The Labute approximate surface area is 124 Å². The van der Waals surface area contributed by atoms with Crippen molar-refractivity contribution in [1.29, 1.82) is 0 Å². The first-order valence-electron chi connectivity index (χ1n) is 6.24. The number of nitrogens with one attached hydrogen (secondary N) is 1. The van der Waals surface area contributed by atoms with Crippen LogP contribution >= 0.6 is 22.6 Å². The average Bonchev–Trinajstić information content (AvgIpc) is 2.84. The number of aromatic amines is 1. The molecule has 0 aliphatic carbocycles. The fourth-order valence-corrected chi connectivity index (χ4v) is 3.69. The molecular weight excluding hydrogens is 347 g/mol. The van der Waals surface area contributed by atoms with E-state index in [9.17, 15) is 0 Å². The van der Waals surface area contributed by atoms with E-state index < -0.39 is 0 Å². The maximum absolute atomic E-state index is 3.55. The molecule has 4 aromatic rings. The predicted molar refractivity (Wildman–Crippen MR) is 87.2 cm³/mol. The standard InChI is InChI=1S/C16H11IN2/c1-19-13-9-5-3-7-11(13)14(17)15-16(19)10-6-2-4-8-12(10)18-15/h2-9H,1H3/p+1. The van der Waals surface area contributed by atoms with Gasteiger partial charge in [-0.3, -0.25) is 0 Å². The van der Waals surface area contributed by atoms with Crippen LogP contribution in [0.3, 0.4) is 0 Å². The summed E-state index contributed by atoms with van der Waals surface area (Å²) in [5.41, 5.74) is 4.96. The lowest BCUT2D eigenvalue weighted by Gasteiger charge is -2.01. The zero-order valence-corrected chi connectivity index (χ0v) is 12.6. The predicted octanol–water partition coefficient (Wildman–Crippen LogP) is 3.90. The van der Waals surface area contributed by atoms with Crippen molar-refractivity contribution < 1.29 is 4.57 Å². The van der Waals surface area contributed by atoms with Crippen LogP contribution in [0.5, 0.6) is 0 Å². The Hall–Kier alpha value is -1.62. The molecule has 3 heteroatoms. The van der Waals surface area contributed by atoms with Gasteiger partial charge in [-0.2, -0.15) is 4.57 Å². The fourth-order valence-electron chi connectivity index (χ4n) is 2.84. The number of aromatic nitrogens is 2. The molecule has 2 aromatic carbocycles. The highest BCUT2D eigenvalue weighted by molar-refractivity contribution is 14.1. The van der Waals surface area contributed by atoms with Crippen molar-refractivity contribution >= 4 is 55.4 Å². The Balaban J connectivity index is 2.39. The van der Waals surface area contributed by atoms with Gasteiger partial charge in [0.2, 0.25) is 11.0 Å². The topological polar surface area (TPSA) is 19.7 Å². The minimum absolute atomic E-state index is 1.20. The number of pyridine rings is 1. The molecule has 2 nitrogen and oxygen atoms in total. The summed E-state index contributed by atoms with van der Waals surface area (Å²) in [4.78, 5) is 3.55. The number of para-hydroxylation sites is 2. The highest BCUT2D eigenvalue weighted by Gasteiger charge is 2.20. The van der Waals surface area contributed by atoms with Gasteiger partial charge in [-0.25, -0.2) is 0 Å². The van der Waals surface area contributed by atoms with E-state index in [1.54, 1.807) is 0 Å². The summed E-state index contributed by atoms with van der Waals surface area (Å²) in [5, 5.41) is 2.58. The van der Waals surface area contributed by atoms with Crippen LogP contribution in [-0.2, 0) is 7.05 Å². The van der Waals surface area contributed by atoms with Crippen LogP contribution in [0, 0.1) is 3.57 Å². The van der Waals surface area contributed by atoms with Gasteiger partial charge in [0.25, 0.3) is 0 Å². The molecule has 4 rings (SSSR count). The Morgan fingerprint density at radius 2 is 1.63 bits per heavy atom. The second kappa shape index (κ2) is 3.93. The largest absolute Gasteiger partial charge is 0.348 e. The summed E-state index contributed by atoms with van der Waals surface area (Å²) < 4.78 is 3.57. The number of nitrogens with zero attached hydrogens (tertiary/aromatic N) is 1. The Morgan fingerprint density at radius 1 is 0.947 bits per heavy atom. The first kappa shape index (κ1) is 11.2. The monoisotopic (exact) mass is 359 g/mol. The number of aryl methyl sites for hydroxylation is 1. The summed E-state index contributed by atoms with van der Waals surface area (Å²) in [6.45, 7) is 0. The van der Waals surface area contributed by atoms with E-state index in [1.165, 1.54) is 36.4 Å². The van der Waals surface area contributed by atoms with Crippen LogP contribution in [0.2, 0.25) is 0 Å². The Morgan fingerprint density at radius 3 is 2.47 bits per heavy atom. The Bertz CT molecular complexity index is 938. The summed E-state index contributed by atoms with van der Waals surface area (Å²) in [7, 11) is 2.14. The molecule has 0 saturated carbocycles. The lowest BCUT2D eigenvalue weighted by atomic mass is 10.1. The highest BCUT2D eigenvalue weighted by atomic mass is 127. The normalized spacial score (nSPS) is 11.7. The molecule has 0 amide bonds. The first-order valence-corrected chi connectivity index (χ1v) is 7.32. The number of fused-ring (bicyclic) bond motifs is 4. The van der Waals surface area contributed by atoms with Gasteiger partial charge in [-0.15, -0.1) is 0 Å². The van der Waals surface area contributed by atoms with E-state index in [0.717, 1.165) is 0 Å². The zero-order valence-electron chi connectivity index (χ0n) is 10.4. The number of hydrogen-bond acceptors (Lipinski definition) is 0. The molecule has 0 saturated heterocycles. The van der Waals surface area contributed by atoms with Crippen LogP contribution in [0.4, 0.5) is 0 Å². The minimum Gasteiger partial charge on any atom is -0.348 e. The molecule has 0 fully saturated rings. The van der Waals surface area contributed by atoms with Gasteiger partial charge in [0.05, 0.1) is 19.9 Å². The van der Waals surface area contributed by atoms with Gasteiger partial charge in [-0.05, 0) is 40.8 Å². The molecule has 2 aromatic heterocycles. The molecule has 0 radical (unpaired) electrons. The highest BCUT2D eigenvalue weighted by Crippen LogP contribution is 2.30. The van der Waals surface area contributed by atoms with E-state index in [1.807, 2.05) is 0 Å². The molecular formula is C16H12IN2+. The van der Waals surface area contributed by atoms with Crippen molar-refractivity contribution in [3.8, 4) is 0 Å². The number of halogens is 1. The third-order valence-electron chi connectivity index (χ3n) is 3.74. The first-order chi connectivity index (χ1) is 9.27. The molecule has 2 heterocycles. The number of rotatable bonds is 0. The smallest absolute Gasteiger partial charge is 0.239 e. The van der Waals surface area contributed by atoms with E-state index >= 15 is 0 Å². The van der Waals surface area contributed by atoms with Gasteiger partial charge in [0.15, 0.2) is 0 Å². The quantitative estimate of drug-likeness (QED) is 0.363. The lowest BCUT2D eigenvalue weighted by molar-refractivity contribution is -0.616. The summed E-state index contributed by atoms with van der Waals surface area (Å²) >= 11 is 2.44. The summed E-state index contributed by atoms with van der Waals surface area (Å²) in [6, 6.07) is 17.0. The maximum Gasteiger partial charge on any atom is 0.239 e. The van der Waals surface area contributed by atoms with Crippen LogP contribution in [-0.4, -0.2) is 4.98 Å². The van der Waals surface area contributed by atoms with Crippen LogP contribution in [0.1, 0.15) is 0 Å². The molecule has 0 bridgehead atoms. The van der Waals surface area contributed by atoms with Crippen LogP contribution < -0.4 is 4.57 Å². The second-order valence-corrected chi connectivity index (χ2v) is 5.86. The number of H-pyrrole nitrogens is 1. The van der Waals surface area contributed by atoms with Crippen molar-refractivity contribution in [1.82, 2.24) is 4.98 Å². The molecule has 0 aliphatic rings. The lowest BCUT2D eigenvalue weighted by Crippen LogP contribution is -2.30.